The number of carbonyl (C=O) groups excluding carboxylic acids is 1. The number of hydrogen-bond donors (Lipinski definition) is 1. The van der Waals surface area contributed by atoms with Gasteiger partial charge in [0.15, 0.2) is 4.24 Å². The van der Waals surface area contributed by atoms with Gasteiger partial charge < -0.3 is 10.3 Å². The first-order valence-electron chi connectivity index (χ1n) is 8.95. The first-order valence-corrected chi connectivity index (χ1v) is 11.9. The van der Waals surface area contributed by atoms with Gasteiger partial charge in [-0.05, 0) is 36.4 Å². The topological polar surface area (TPSA) is 129 Å². The van der Waals surface area contributed by atoms with Crippen molar-refractivity contribution in [2.45, 2.75) is 9.79 Å². The fraction of sp³-hybridized carbons (Fsp3) is 0.0476. The Morgan fingerprint density at radius 2 is 1.32 bits per heavy atom. The van der Waals surface area contributed by atoms with Gasteiger partial charge in [0.05, 0.1) is 21.6 Å². The molecular formula is C21H19N3O5S2. The third kappa shape index (κ3) is 4.65. The van der Waals surface area contributed by atoms with Crippen LogP contribution in [0.1, 0.15) is 10.4 Å². The molecule has 0 saturated carbocycles. The van der Waals surface area contributed by atoms with Gasteiger partial charge in [-0.2, -0.15) is 0 Å². The Bertz CT molecular complexity index is 1350. The average molecular weight is 458 g/mol. The van der Waals surface area contributed by atoms with Gasteiger partial charge in [-0.15, -0.1) is 0 Å². The molecule has 0 radical (unpaired) electrons. The zero-order valence-electron chi connectivity index (χ0n) is 16.4. The summed E-state index contributed by atoms with van der Waals surface area (Å²) in [5.41, 5.74) is 5.68. The number of primary amides is 1. The van der Waals surface area contributed by atoms with Crippen LogP contribution in [0.3, 0.4) is 0 Å². The van der Waals surface area contributed by atoms with E-state index in [0.717, 1.165) is 6.20 Å². The summed E-state index contributed by atoms with van der Waals surface area (Å²) in [5, 5.41) is 0. The number of sulfone groups is 2. The molecule has 0 atom stereocenters. The van der Waals surface area contributed by atoms with Gasteiger partial charge in [-0.1, -0.05) is 36.4 Å². The van der Waals surface area contributed by atoms with Crippen molar-refractivity contribution in [1.82, 2.24) is 4.57 Å². The number of amides is 1. The molecule has 3 rings (SSSR count). The van der Waals surface area contributed by atoms with E-state index in [2.05, 4.69) is 4.99 Å². The van der Waals surface area contributed by atoms with Gasteiger partial charge in [-0.25, -0.2) is 21.8 Å². The van der Waals surface area contributed by atoms with Crippen LogP contribution in [0.4, 0.5) is 0 Å². The Morgan fingerprint density at radius 1 is 0.839 bits per heavy atom. The molecule has 1 amide bonds. The van der Waals surface area contributed by atoms with E-state index in [0.29, 0.717) is 0 Å². The molecule has 0 spiro atoms. The predicted molar refractivity (Wildman–Crippen MR) is 115 cm³/mol. The van der Waals surface area contributed by atoms with E-state index in [-0.39, 0.29) is 20.8 Å². The zero-order valence-corrected chi connectivity index (χ0v) is 18.0. The third-order valence-electron chi connectivity index (χ3n) is 4.33. The molecule has 1 heterocycles. The first kappa shape index (κ1) is 22.2. The summed E-state index contributed by atoms with van der Waals surface area (Å²) in [6, 6.07) is 17.3. The fourth-order valence-electron chi connectivity index (χ4n) is 2.71. The quantitative estimate of drug-likeness (QED) is 0.603. The van der Waals surface area contributed by atoms with E-state index in [9.17, 15) is 21.6 Å². The van der Waals surface area contributed by atoms with Crippen molar-refractivity contribution in [2.75, 3.05) is 0 Å². The molecule has 1 aromatic heterocycles. The van der Waals surface area contributed by atoms with E-state index < -0.39 is 29.8 Å². The van der Waals surface area contributed by atoms with Crippen LogP contribution in [0.25, 0.3) is 0 Å². The monoisotopic (exact) mass is 457 g/mol. The normalized spacial score (nSPS) is 12.4. The highest BCUT2D eigenvalue weighted by atomic mass is 32.3. The van der Waals surface area contributed by atoms with Crippen LogP contribution in [0.15, 0.2) is 104 Å². The molecule has 0 aliphatic heterocycles. The Balaban J connectivity index is 2.26. The van der Waals surface area contributed by atoms with E-state index >= 15 is 0 Å². The molecule has 2 aromatic carbocycles. The highest BCUT2D eigenvalue weighted by Gasteiger charge is 2.33. The summed E-state index contributed by atoms with van der Waals surface area (Å²) < 4.78 is 53.5. The summed E-state index contributed by atoms with van der Waals surface area (Å²) in [7, 11) is -7.27. The predicted octanol–water partition coefficient (Wildman–Crippen LogP) is 1.77. The van der Waals surface area contributed by atoms with Crippen molar-refractivity contribution in [3.8, 4) is 0 Å². The summed E-state index contributed by atoms with van der Waals surface area (Å²) >= 11 is 0. The number of nitrogens with zero attached hydrogens (tertiary/aromatic N) is 2. The van der Waals surface area contributed by atoms with E-state index in [1.807, 2.05) is 0 Å². The van der Waals surface area contributed by atoms with Crippen LogP contribution in [-0.2, 0) is 26.7 Å². The third-order valence-corrected chi connectivity index (χ3v) is 8.70. The maximum atomic E-state index is 13.2. The molecule has 8 nitrogen and oxygen atoms in total. The summed E-state index contributed by atoms with van der Waals surface area (Å²) in [6.07, 6.45) is 2.22. The Kier molecular flexibility index (Phi) is 6.23. The SMILES string of the molecule is Cn1cc(C(N)=O)cc/c1=N/C=C(S(=O)(=O)c1ccccc1)S(=O)(=O)c1ccccc1. The molecule has 0 fully saturated rings. The number of carbonyl (C=O) groups is 1. The smallest absolute Gasteiger partial charge is 0.250 e. The van der Waals surface area contributed by atoms with E-state index in [1.165, 1.54) is 71.4 Å². The van der Waals surface area contributed by atoms with Crippen LogP contribution < -0.4 is 11.2 Å². The van der Waals surface area contributed by atoms with E-state index in [4.69, 9.17) is 5.73 Å². The van der Waals surface area contributed by atoms with Gasteiger partial charge in [0.2, 0.25) is 25.6 Å². The number of nitrogens with two attached hydrogens (primary N) is 1. The molecule has 0 bridgehead atoms. The van der Waals surface area contributed by atoms with Crippen molar-refractivity contribution < 1.29 is 21.6 Å². The molecule has 2 N–H and O–H groups in total. The number of benzene rings is 2. The average Bonchev–Trinajstić information content (AvgIpc) is 2.75. The van der Waals surface area contributed by atoms with Crippen LogP contribution in [0.5, 0.6) is 0 Å². The molecule has 0 aliphatic carbocycles. The van der Waals surface area contributed by atoms with Crippen molar-refractivity contribution in [2.24, 2.45) is 17.8 Å². The lowest BCUT2D eigenvalue weighted by Crippen LogP contribution is -2.21. The highest BCUT2D eigenvalue weighted by molar-refractivity contribution is 8.14. The fourth-order valence-corrected chi connectivity index (χ4v) is 6.32. The second-order valence-corrected chi connectivity index (χ2v) is 10.6. The maximum absolute atomic E-state index is 13.2. The van der Waals surface area contributed by atoms with Crippen molar-refractivity contribution >= 4 is 25.6 Å². The van der Waals surface area contributed by atoms with E-state index in [1.54, 1.807) is 19.2 Å². The number of aryl methyl sites for hydroxylation is 1. The minimum atomic E-state index is -4.42. The van der Waals surface area contributed by atoms with Crippen LogP contribution in [-0.4, -0.2) is 27.3 Å². The van der Waals surface area contributed by atoms with Gasteiger partial charge in [-0.3, -0.25) is 4.79 Å². The van der Waals surface area contributed by atoms with Crippen LogP contribution in [0.2, 0.25) is 0 Å². The minimum absolute atomic E-state index is 0.176. The van der Waals surface area contributed by atoms with Gasteiger partial charge in [0, 0.05) is 13.2 Å². The zero-order chi connectivity index (χ0) is 22.6. The molecule has 0 unspecified atom stereocenters. The number of aromatic nitrogens is 1. The maximum Gasteiger partial charge on any atom is 0.250 e. The molecular weight excluding hydrogens is 438 g/mol. The molecule has 31 heavy (non-hydrogen) atoms. The Labute approximate surface area is 179 Å². The molecule has 0 saturated heterocycles. The van der Waals surface area contributed by atoms with Crippen molar-refractivity contribution in [1.29, 1.82) is 0 Å². The number of pyridine rings is 1. The largest absolute Gasteiger partial charge is 0.366 e. The highest BCUT2D eigenvalue weighted by Crippen LogP contribution is 2.28. The van der Waals surface area contributed by atoms with Crippen LogP contribution in [0, 0.1) is 0 Å². The standard InChI is InChI=1S/C21H19N3O5S2/c1-24-15-16(21(22)25)12-13-19(24)23-14-20(30(26,27)17-8-4-2-5-9-17)31(28,29)18-10-6-3-7-11-18/h2-15H,1H3,(H2,22,25)/b23-19-. The van der Waals surface area contributed by atoms with Crippen LogP contribution >= 0.6 is 0 Å². The lowest BCUT2D eigenvalue weighted by atomic mass is 10.3. The molecule has 3 aromatic rings. The lowest BCUT2D eigenvalue weighted by molar-refractivity contribution is 0.0999. The molecule has 160 valence electrons. The Hall–Kier alpha value is -3.50. The molecule has 10 heteroatoms. The van der Waals surface area contributed by atoms with Crippen molar-refractivity contribution in [3.63, 3.8) is 0 Å². The summed E-state index contributed by atoms with van der Waals surface area (Å²) in [5.74, 6) is -0.642. The number of hydrogen-bond acceptors (Lipinski definition) is 6. The number of rotatable bonds is 6. The summed E-state index contributed by atoms with van der Waals surface area (Å²) in [6.45, 7) is 0. The Morgan fingerprint density at radius 3 is 1.74 bits per heavy atom. The first-order chi connectivity index (χ1) is 14.6. The van der Waals surface area contributed by atoms with Crippen molar-refractivity contribution in [3.05, 3.63) is 100 Å². The lowest BCUT2D eigenvalue weighted by Gasteiger charge is -2.10. The second-order valence-electron chi connectivity index (χ2n) is 6.46. The molecule has 0 aliphatic rings. The second kappa shape index (κ2) is 8.70. The van der Waals surface area contributed by atoms with Gasteiger partial charge in [0.1, 0.15) is 5.49 Å². The summed E-state index contributed by atoms with van der Waals surface area (Å²) in [4.78, 5) is 15.0. The van der Waals surface area contributed by atoms with Gasteiger partial charge in [0.25, 0.3) is 0 Å². The van der Waals surface area contributed by atoms with Gasteiger partial charge >= 0.3 is 0 Å². The minimum Gasteiger partial charge on any atom is -0.366 e.